The molecule has 1 amide bonds. The van der Waals surface area contributed by atoms with Gasteiger partial charge < -0.3 is 14.5 Å². The summed E-state index contributed by atoms with van der Waals surface area (Å²) in [4.78, 5) is 20.5. The van der Waals surface area contributed by atoms with Gasteiger partial charge in [-0.3, -0.25) is 9.78 Å². The maximum atomic E-state index is 14.2. The van der Waals surface area contributed by atoms with Gasteiger partial charge in [0.25, 0.3) is 0 Å². The lowest BCUT2D eigenvalue weighted by molar-refractivity contribution is -0.133. The number of hydrogen-bond acceptors (Lipinski definition) is 4. The van der Waals surface area contributed by atoms with Gasteiger partial charge in [0.15, 0.2) is 5.82 Å². The Morgan fingerprint density at radius 3 is 2.86 bits per heavy atom. The third-order valence-corrected chi connectivity index (χ3v) is 5.79. The third kappa shape index (κ3) is 3.46. The molecule has 0 saturated carbocycles. The second-order valence-corrected chi connectivity index (χ2v) is 7.44. The van der Waals surface area contributed by atoms with Crippen molar-refractivity contribution in [3.63, 3.8) is 0 Å². The molecule has 0 unspecified atom stereocenters. The Hall–Kier alpha value is -2.54. The van der Waals surface area contributed by atoms with Gasteiger partial charge in [-0.15, -0.1) is 0 Å². The molecule has 2 fully saturated rings. The molecule has 2 aliphatic heterocycles. The van der Waals surface area contributed by atoms with E-state index in [4.69, 9.17) is 4.74 Å². The van der Waals surface area contributed by atoms with E-state index >= 15 is 0 Å². The number of amides is 1. The molecule has 2 aliphatic rings. The van der Waals surface area contributed by atoms with Crippen LogP contribution in [0.15, 0.2) is 42.7 Å². The van der Waals surface area contributed by atoms with Crippen LogP contribution in [0.5, 0.6) is 0 Å². The first-order valence-corrected chi connectivity index (χ1v) is 9.47. The summed E-state index contributed by atoms with van der Waals surface area (Å²) >= 11 is 0. The van der Waals surface area contributed by atoms with Crippen molar-refractivity contribution in [1.29, 1.82) is 0 Å². The number of carbonyl (C=O) groups excluding carboxylic acids is 1. The summed E-state index contributed by atoms with van der Waals surface area (Å²) in [6.45, 7) is 2.21. The molecule has 1 aromatic heterocycles. The molecule has 5 nitrogen and oxygen atoms in total. The molecule has 3 heterocycles. The van der Waals surface area contributed by atoms with Gasteiger partial charge in [0.1, 0.15) is 5.82 Å². The average molecular weight is 387 g/mol. The highest BCUT2D eigenvalue weighted by Gasteiger charge is 2.49. The second-order valence-electron chi connectivity index (χ2n) is 7.44. The lowest BCUT2D eigenvalue weighted by atomic mass is 9.89. The minimum atomic E-state index is -0.349. The summed E-state index contributed by atoms with van der Waals surface area (Å²) in [5.74, 6) is -0.349. The molecule has 0 bridgehead atoms. The first-order valence-electron chi connectivity index (χ1n) is 9.47. The number of hydrogen-bond donors (Lipinski definition) is 0. The summed E-state index contributed by atoms with van der Waals surface area (Å²) < 4.78 is 33.2. The maximum Gasteiger partial charge on any atom is 0.225 e. The minimum absolute atomic E-state index is 0.00662. The number of likely N-dealkylation sites (tertiary alicyclic amines) is 1. The minimum Gasteiger partial charge on any atom is -0.384 e. The largest absolute Gasteiger partial charge is 0.384 e. The molecule has 3 atom stereocenters. The molecular weight excluding hydrogens is 364 g/mol. The zero-order chi connectivity index (χ0) is 19.7. The van der Waals surface area contributed by atoms with Crippen molar-refractivity contribution in [3.05, 3.63) is 59.9 Å². The van der Waals surface area contributed by atoms with Crippen LogP contribution in [0.2, 0.25) is 0 Å². The van der Waals surface area contributed by atoms with E-state index in [1.165, 1.54) is 18.3 Å². The van der Waals surface area contributed by atoms with E-state index in [1.54, 1.807) is 25.4 Å². The normalized spacial score (nSPS) is 23.9. The Balaban J connectivity index is 1.62. The summed E-state index contributed by atoms with van der Waals surface area (Å²) in [7, 11) is 1.57. The third-order valence-electron chi connectivity index (χ3n) is 5.79. The number of benzene rings is 1. The van der Waals surface area contributed by atoms with Crippen molar-refractivity contribution in [3.8, 4) is 0 Å². The highest BCUT2D eigenvalue weighted by Crippen LogP contribution is 2.46. The number of nitrogens with zero attached hydrogens (tertiary/aromatic N) is 3. The summed E-state index contributed by atoms with van der Waals surface area (Å²) in [6.07, 6.45) is 3.09. The Labute approximate surface area is 162 Å². The number of pyridine rings is 1. The van der Waals surface area contributed by atoms with Gasteiger partial charge in [-0.2, -0.15) is 0 Å². The Morgan fingerprint density at radius 2 is 2.11 bits per heavy atom. The number of halogens is 2. The summed E-state index contributed by atoms with van der Waals surface area (Å²) in [5.41, 5.74) is 1.31. The summed E-state index contributed by atoms with van der Waals surface area (Å²) in [5, 5.41) is 0. The van der Waals surface area contributed by atoms with Gasteiger partial charge in [0, 0.05) is 44.8 Å². The highest BCUT2D eigenvalue weighted by atomic mass is 19.1. The molecule has 4 rings (SSSR count). The molecular formula is C21H23F2N3O2. The molecule has 0 aliphatic carbocycles. The molecule has 1 aromatic carbocycles. The van der Waals surface area contributed by atoms with Gasteiger partial charge >= 0.3 is 0 Å². The molecule has 2 aromatic rings. The van der Waals surface area contributed by atoms with E-state index in [2.05, 4.69) is 4.98 Å². The van der Waals surface area contributed by atoms with Gasteiger partial charge in [0.2, 0.25) is 5.91 Å². The molecule has 0 N–H and O–H groups in total. The van der Waals surface area contributed by atoms with Gasteiger partial charge in [-0.1, -0.05) is 12.1 Å². The van der Waals surface area contributed by atoms with Crippen LogP contribution in [0.4, 0.5) is 14.5 Å². The smallest absolute Gasteiger partial charge is 0.225 e. The standard InChI is InChI=1S/C21H23F2N3O2/c1-28-8-6-20(27)26-12-15-11-25(19-5-7-24-10-18(19)23)13-17(15)21(26)14-3-2-4-16(22)9-14/h2-5,7,9-10,15,17,21H,6,8,11-13H2,1H3/t15-,17-,21+/m0/s1. The van der Waals surface area contributed by atoms with Crippen LogP contribution in [0, 0.1) is 23.5 Å². The van der Waals surface area contributed by atoms with Gasteiger partial charge in [-0.25, -0.2) is 8.78 Å². The van der Waals surface area contributed by atoms with Crippen molar-refractivity contribution < 1.29 is 18.3 Å². The van der Waals surface area contributed by atoms with Crippen LogP contribution in [0.1, 0.15) is 18.0 Å². The van der Waals surface area contributed by atoms with Crippen molar-refractivity contribution >= 4 is 11.6 Å². The zero-order valence-electron chi connectivity index (χ0n) is 15.7. The topological polar surface area (TPSA) is 45.7 Å². The number of ether oxygens (including phenoxy) is 1. The second kappa shape index (κ2) is 7.83. The Kier molecular flexibility index (Phi) is 5.26. The predicted octanol–water partition coefficient (Wildman–Crippen LogP) is 3.03. The van der Waals surface area contributed by atoms with E-state index in [9.17, 15) is 13.6 Å². The number of rotatable bonds is 5. The van der Waals surface area contributed by atoms with Crippen LogP contribution >= 0.6 is 0 Å². The fourth-order valence-electron chi connectivity index (χ4n) is 4.57. The molecule has 2 saturated heterocycles. The molecule has 0 spiro atoms. The fourth-order valence-corrected chi connectivity index (χ4v) is 4.57. The average Bonchev–Trinajstić information content (AvgIpc) is 3.24. The first-order chi connectivity index (χ1) is 13.6. The van der Waals surface area contributed by atoms with Crippen molar-refractivity contribution in [2.45, 2.75) is 12.5 Å². The van der Waals surface area contributed by atoms with E-state index in [-0.39, 0.29) is 35.4 Å². The van der Waals surface area contributed by atoms with Crippen LogP contribution in [-0.2, 0) is 9.53 Å². The van der Waals surface area contributed by atoms with E-state index < -0.39 is 0 Å². The number of methoxy groups -OCH3 is 1. The number of fused-ring (bicyclic) bond motifs is 1. The SMILES string of the molecule is COCCC(=O)N1C[C@@H]2CN(c3ccncc3F)C[C@@H]2[C@H]1c1cccc(F)c1. The number of anilines is 1. The quantitative estimate of drug-likeness (QED) is 0.791. The molecule has 28 heavy (non-hydrogen) atoms. The van der Waals surface area contributed by atoms with Crippen molar-refractivity contribution in [1.82, 2.24) is 9.88 Å². The molecule has 7 heteroatoms. The Bertz CT molecular complexity index is 863. The van der Waals surface area contributed by atoms with Crippen molar-refractivity contribution in [2.75, 3.05) is 38.3 Å². The summed E-state index contributed by atoms with van der Waals surface area (Å²) in [6, 6.07) is 7.89. The predicted molar refractivity (Wildman–Crippen MR) is 101 cm³/mol. The van der Waals surface area contributed by atoms with Crippen LogP contribution in [0.25, 0.3) is 0 Å². The lowest BCUT2D eigenvalue weighted by Gasteiger charge is -2.30. The van der Waals surface area contributed by atoms with E-state index in [1.807, 2.05) is 15.9 Å². The van der Waals surface area contributed by atoms with Crippen LogP contribution < -0.4 is 4.90 Å². The maximum absolute atomic E-state index is 14.2. The molecule has 148 valence electrons. The fraction of sp³-hybridized carbons (Fsp3) is 0.429. The highest BCUT2D eigenvalue weighted by molar-refractivity contribution is 5.77. The van der Waals surface area contributed by atoms with Crippen LogP contribution in [0.3, 0.4) is 0 Å². The monoisotopic (exact) mass is 387 g/mol. The Morgan fingerprint density at radius 1 is 1.25 bits per heavy atom. The van der Waals surface area contributed by atoms with Gasteiger partial charge in [-0.05, 0) is 23.8 Å². The van der Waals surface area contributed by atoms with Crippen molar-refractivity contribution in [2.24, 2.45) is 11.8 Å². The van der Waals surface area contributed by atoms with Crippen LogP contribution in [-0.4, -0.2) is 49.1 Å². The number of carbonyl (C=O) groups is 1. The zero-order valence-corrected chi connectivity index (χ0v) is 15.7. The number of aromatic nitrogens is 1. The molecule has 0 radical (unpaired) electrons. The first kappa shape index (κ1) is 18.8. The van der Waals surface area contributed by atoms with Gasteiger partial charge in [0.05, 0.1) is 31.0 Å². The lowest BCUT2D eigenvalue weighted by Crippen LogP contribution is -2.36. The van der Waals surface area contributed by atoms with E-state index in [0.29, 0.717) is 38.3 Å². The van der Waals surface area contributed by atoms with E-state index in [0.717, 1.165) is 5.56 Å².